The van der Waals surface area contributed by atoms with E-state index in [-0.39, 0.29) is 0 Å². The van der Waals surface area contributed by atoms with E-state index in [1.807, 2.05) is 0 Å². The van der Waals surface area contributed by atoms with Crippen LogP contribution in [0.3, 0.4) is 0 Å². The second-order valence-corrected chi connectivity index (χ2v) is 6.79. The van der Waals surface area contributed by atoms with Gasteiger partial charge >= 0.3 is 5.97 Å². The summed E-state index contributed by atoms with van der Waals surface area (Å²) in [5.41, 5.74) is 8.38. The molecule has 0 aromatic rings. The largest absolute Gasteiger partial charge is 0.459 e. The van der Waals surface area contributed by atoms with Crippen LogP contribution < -0.4 is 0 Å². The second kappa shape index (κ2) is 13.1. The second-order valence-electron chi connectivity index (χ2n) is 6.79. The van der Waals surface area contributed by atoms with Gasteiger partial charge in [-0.05, 0) is 18.4 Å². The van der Waals surface area contributed by atoms with E-state index in [2.05, 4.69) is 16.9 Å². The van der Waals surface area contributed by atoms with E-state index in [0.29, 0.717) is 6.42 Å². The topological polar surface area (TPSA) is 95.3 Å². The first-order valence-electron chi connectivity index (χ1n) is 9.63. The third-order valence-corrected chi connectivity index (χ3v) is 4.73. The van der Waals surface area contributed by atoms with Crippen LogP contribution in [0.15, 0.2) is 5.11 Å². The summed E-state index contributed by atoms with van der Waals surface area (Å²) in [6.45, 7) is 2.25. The van der Waals surface area contributed by atoms with Crippen molar-refractivity contribution in [3.8, 4) is 0 Å². The smallest absolute Gasteiger partial charge is 0.318 e. The van der Waals surface area contributed by atoms with E-state index < -0.39 is 24.2 Å². The van der Waals surface area contributed by atoms with Crippen LogP contribution in [0.2, 0.25) is 0 Å². The zero-order valence-electron chi connectivity index (χ0n) is 15.0. The van der Waals surface area contributed by atoms with Gasteiger partial charge in [0.2, 0.25) is 0 Å². The monoisotopic (exact) mass is 339 g/mol. The molecular weight excluding hydrogens is 306 g/mol. The molecule has 1 aliphatic rings. The van der Waals surface area contributed by atoms with Gasteiger partial charge in [-0.2, -0.15) is 0 Å². The highest BCUT2D eigenvalue weighted by Crippen LogP contribution is 2.23. The molecule has 0 aliphatic carbocycles. The molecule has 138 valence electrons. The lowest BCUT2D eigenvalue weighted by Gasteiger charge is -2.13. The Morgan fingerprint density at radius 2 is 1.50 bits per heavy atom. The zero-order chi connectivity index (χ0) is 17.6. The minimum absolute atomic E-state index is 0.517. The molecule has 3 atom stereocenters. The number of hydrogen-bond acceptors (Lipinski definition) is 4. The molecule has 0 unspecified atom stereocenters. The van der Waals surface area contributed by atoms with Gasteiger partial charge < -0.3 is 9.84 Å². The van der Waals surface area contributed by atoms with Gasteiger partial charge in [0.15, 0.2) is 6.04 Å². The van der Waals surface area contributed by atoms with Gasteiger partial charge in [-0.25, -0.2) is 0 Å². The molecule has 0 radical (unpaired) electrons. The molecule has 24 heavy (non-hydrogen) atoms. The SMILES string of the molecule is CCCCCCCCCCCCCC[C@H]1OC(=O)[C@H](N=[N+]=[N-])[C@@H]1O. The molecule has 0 spiro atoms. The van der Waals surface area contributed by atoms with Crippen molar-refractivity contribution >= 4 is 5.97 Å². The van der Waals surface area contributed by atoms with E-state index in [9.17, 15) is 9.90 Å². The highest BCUT2D eigenvalue weighted by Gasteiger charge is 2.42. The Hall–Kier alpha value is -1.26. The van der Waals surface area contributed by atoms with Crippen molar-refractivity contribution in [3.63, 3.8) is 0 Å². The number of aliphatic hydroxyl groups is 1. The van der Waals surface area contributed by atoms with Crippen molar-refractivity contribution in [3.05, 3.63) is 10.4 Å². The van der Waals surface area contributed by atoms with E-state index in [0.717, 1.165) is 12.8 Å². The van der Waals surface area contributed by atoms with Gasteiger partial charge in [0.05, 0.1) is 0 Å². The van der Waals surface area contributed by atoms with Crippen LogP contribution in [0.5, 0.6) is 0 Å². The van der Waals surface area contributed by atoms with Crippen LogP contribution in [0.1, 0.15) is 90.4 Å². The average Bonchev–Trinajstić information content (AvgIpc) is 2.84. The number of azide groups is 1. The molecule has 1 N–H and O–H groups in total. The minimum Gasteiger partial charge on any atom is -0.459 e. The molecule has 6 heteroatoms. The third kappa shape index (κ3) is 8.02. The molecule has 1 aliphatic heterocycles. The predicted molar refractivity (Wildman–Crippen MR) is 94.5 cm³/mol. The Morgan fingerprint density at radius 1 is 1.00 bits per heavy atom. The summed E-state index contributed by atoms with van der Waals surface area (Å²) in [5, 5.41) is 13.2. The van der Waals surface area contributed by atoms with Crippen molar-refractivity contribution in [1.29, 1.82) is 0 Å². The number of ether oxygens (including phenoxy) is 1. The fourth-order valence-corrected chi connectivity index (χ4v) is 3.22. The number of aliphatic hydroxyl groups excluding tert-OH is 1. The number of carbonyl (C=O) groups excluding carboxylic acids is 1. The lowest BCUT2D eigenvalue weighted by atomic mass is 10.0. The number of carbonyl (C=O) groups is 1. The molecule has 0 amide bonds. The zero-order valence-corrected chi connectivity index (χ0v) is 15.0. The van der Waals surface area contributed by atoms with E-state index >= 15 is 0 Å². The van der Waals surface area contributed by atoms with Gasteiger partial charge in [0.1, 0.15) is 12.2 Å². The molecule has 0 saturated carbocycles. The Bertz CT molecular complexity index is 397. The first-order chi connectivity index (χ1) is 11.7. The number of cyclic esters (lactones) is 1. The van der Waals surface area contributed by atoms with Crippen LogP contribution in [0.25, 0.3) is 10.4 Å². The van der Waals surface area contributed by atoms with Gasteiger partial charge in [0, 0.05) is 4.91 Å². The first-order valence-corrected chi connectivity index (χ1v) is 9.63. The summed E-state index contributed by atoms with van der Waals surface area (Å²) < 4.78 is 5.08. The standard InChI is InChI=1S/C18H33N3O3/c1-2-3-4-5-6-7-8-9-10-11-12-13-14-15-17(22)16(20-21-19)18(23)24-15/h15-17,22H,2-14H2,1H3/t15-,16-,17-/m1/s1. The molecular formula is C18H33N3O3. The number of rotatable bonds is 14. The molecule has 0 aromatic heterocycles. The quantitative estimate of drug-likeness (QED) is 0.158. The van der Waals surface area contributed by atoms with Crippen LogP contribution in [-0.4, -0.2) is 29.3 Å². The van der Waals surface area contributed by atoms with Crippen LogP contribution >= 0.6 is 0 Å². The molecule has 1 rings (SSSR count). The average molecular weight is 339 g/mol. The first kappa shape index (κ1) is 20.8. The highest BCUT2D eigenvalue weighted by atomic mass is 16.6. The van der Waals surface area contributed by atoms with Gasteiger partial charge in [0.25, 0.3) is 0 Å². The summed E-state index contributed by atoms with van der Waals surface area (Å²) in [6, 6.07) is -1.07. The van der Waals surface area contributed by atoms with Crippen molar-refractivity contribution < 1.29 is 14.6 Å². The maximum atomic E-state index is 11.5. The fraction of sp³-hybridized carbons (Fsp3) is 0.944. The number of nitrogens with zero attached hydrogens (tertiary/aromatic N) is 3. The van der Waals surface area contributed by atoms with Gasteiger partial charge in [-0.1, -0.05) is 82.7 Å². The third-order valence-electron chi connectivity index (χ3n) is 4.73. The summed E-state index contributed by atoms with van der Waals surface area (Å²) in [5.74, 6) is -0.607. The number of unbranched alkanes of at least 4 members (excludes halogenated alkanes) is 11. The molecule has 1 fully saturated rings. The van der Waals surface area contributed by atoms with E-state index in [1.165, 1.54) is 64.2 Å². The lowest BCUT2D eigenvalue weighted by Crippen LogP contribution is -2.29. The number of hydrogen-bond donors (Lipinski definition) is 1. The summed E-state index contributed by atoms with van der Waals surface area (Å²) >= 11 is 0. The molecule has 6 nitrogen and oxygen atoms in total. The summed E-state index contributed by atoms with van der Waals surface area (Å²) in [7, 11) is 0. The maximum Gasteiger partial charge on any atom is 0.318 e. The maximum absolute atomic E-state index is 11.5. The van der Waals surface area contributed by atoms with E-state index in [4.69, 9.17) is 10.3 Å². The Morgan fingerprint density at radius 3 is 2.00 bits per heavy atom. The Kier molecular flexibility index (Phi) is 11.3. The van der Waals surface area contributed by atoms with E-state index in [1.54, 1.807) is 0 Å². The van der Waals surface area contributed by atoms with Crippen LogP contribution in [-0.2, 0) is 9.53 Å². The molecule has 1 saturated heterocycles. The number of esters is 1. The molecule has 0 bridgehead atoms. The normalized spacial score (nSPS) is 23.1. The predicted octanol–water partition coefficient (Wildman–Crippen LogP) is 5.04. The Labute approximate surface area is 145 Å². The van der Waals surface area contributed by atoms with Gasteiger partial charge in [-0.3, -0.25) is 4.79 Å². The highest BCUT2D eigenvalue weighted by molar-refractivity contribution is 5.79. The lowest BCUT2D eigenvalue weighted by molar-refractivity contribution is -0.142. The van der Waals surface area contributed by atoms with Crippen molar-refractivity contribution in [2.75, 3.05) is 0 Å². The fourth-order valence-electron chi connectivity index (χ4n) is 3.22. The Balaban J connectivity index is 1.94. The van der Waals surface area contributed by atoms with Gasteiger partial charge in [-0.15, -0.1) is 0 Å². The van der Waals surface area contributed by atoms with Crippen molar-refractivity contribution in [2.45, 2.75) is 109 Å². The van der Waals surface area contributed by atoms with Crippen molar-refractivity contribution in [2.24, 2.45) is 5.11 Å². The van der Waals surface area contributed by atoms with Crippen molar-refractivity contribution in [1.82, 2.24) is 0 Å². The minimum atomic E-state index is -1.07. The summed E-state index contributed by atoms with van der Waals surface area (Å²) in [6.07, 6.45) is 14.4. The van der Waals surface area contributed by atoms with Crippen LogP contribution in [0.4, 0.5) is 0 Å². The molecule has 1 heterocycles. The summed E-state index contributed by atoms with van der Waals surface area (Å²) in [4.78, 5) is 14.0. The van der Waals surface area contributed by atoms with Crippen LogP contribution in [0, 0.1) is 0 Å². The molecule has 0 aromatic carbocycles.